The molecule has 0 atom stereocenters. The lowest BCUT2D eigenvalue weighted by Crippen LogP contribution is -2.50. The summed E-state index contributed by atoms with van der Waals surface area (Å²) in [4.78, 5) is 4.74. The first-order valence-electron chi connectivity index (χ1n) is 5.99. The number of aromatic nitrogens is 1. The summed E-state index contributed by atoms with van der Waals surface area (Å²) in [7, 11) is 0. The summed E-state index contributed by atoms with van der Waals surface area (Å²) in [5.74, 6) is 0.676. The lowest BCUT2D eigenvalue weighted by molar-refractivity contribution is -0.0860. The van der Waals surface area contributed by atoms with Crippen LogP contribution in [0.3, 0.4) is 0 Å². The van der Waals surface area contributed by atoms with Crippen molar-refractivity contribution < 1.29 is 9.84 Å². The number of thiazole rings is 1. The van der Waals surface area contributed by atoms with E-state index in [4.69, 9.17) is 9.72 Å². The number of hydrogen-bond donors (Lipinski definition) is 1. The lowest BCUT2D eigenvalue weighted by Gasteiger charge is -2.38. The molecule has 4 heteroatoms. The molecule has 0 radical (unpaired) electrons. The van der Waals surface area contributed by atoms with Gasteiger partial charge in [-0.05, 0) is 12.8 Å². The first-order chi connectivity index (χ1) is 7.84. The van der Waals surface area contributed by atoms with Crippen LogP contribution in [0.15, 0.2) is 5.38 Å². The molecule has 1 saturated carbocycles. The van der Waals surface area contributed by atoms with Gasteiger partial charge < -0.3 is 9.84 Å². The summed E-state index contributed by atoms with van der Waals surface area (Å²) in [6, 6.07) is 0. The van der Waals surface area contributed by atoms with E-state index in [0.717, 1.165) is 5.69 Å². The van der Waals surface area contributed by atoms with Crippen LogP contribution >= 0.6 is 11.3 Å². The Balaban J connectivity index is 1.81. The van der Waals surface area contributed by atoms with Gasteiger partial charge in [0, 0.05) is 11.3 Å². The van der Waals surface area contributed by atoms with E-state index in [2.05, 4.69) is 5.38 Å². The zero-order chi connectivity index (χ0) is 11.0. The third-order valence-electron chi connectivity index (χ3n) is 3.83. The van der Waals surface area contributed by atoms with Gasteiger partial charge in [-0.15, -0.1) is 11.3 Å². The molecule has 1 saturated heterocycles. The Kier molecular flexibility index (Phi) is 2.73. The summed E-state index contributed by atoms with van der Waals surface area (Å²) in [5.41, 5.74) is 0.862. The Bertz CT molecular complexity index is 361. The van der Waals surface area contributed by atoms with Crippen molar-refractivity contribution in [2.24, 2.45) is 0 Å². The van der Waals surface area contributed by atoms with Crippen molar-refractivity contribution in [1.82, 2.24) is 4.98 Å². The van der Waals surface area contributed by atoms with Gasteiger partial charge in [0.2, 0.25) is 0 Å². The molecule has 1 aromatic heterocycles. The number of ether oxygens (including phenoxy) is 1. The molecule has 1 aliphatic carbocycles. The molecular formula is C12H17NO2S. The second-order valence-electron chi connectivity index (χ2n) is 4.98. The minimum absolute atomic E-state index is 0.154. The summed E-state index contributed by atoms with van der Waals surface area (Å²) in [6.07, 6.45) is 5.26. The third-order valence-corrected chi connectivity index (χ3v) is 4.84. The van der Waals surface area contributed by atoms with Crippen LogP contribution in [-0.2, 0) is 10.2 Å². The summed E-state index contributed by atoms with van der Waals surface area (Å²) < 4.78 is 5.22. The maximum Gasteiger partial charge on any atom is 0.0959 e. The molecule has 1 aliphatic heterocycles. The zero-order valence-electron chi connectivity index (χ0n) is 9.32. The smallest absolute Gasteiger partial charge is 0.0959 e. The number of nitrogens with zero attached hydrogens (tertiary/aromatic N) is 1. The van der Waals surface area contributed by atoms with Crippen molar-refractivity contribution in [3.63, 3.8) is 0 Å². The van der Waals surface area contributed by atoms with E-state index in [-0.39, 0.29) is 12.0 Å². The monoisotopic (exact) mass is 239 g/mol. The second-order valence-corrected chi connectivity index (χ2v) is 5.87. The highest BCUT2D eigenvalue weighted by Gasteiger charge is 2.42. The van der Waals surface area contributed by atoms with Gasteiger partial charge in [-0.2, -0.15) is 0 Å². The van der Waals surface area contributed by atoms with E-state index < -0.39 is 0 Å². The SMILES string of the molecule is OCC1(c2csc(C3CCCC3)n2)COC1. The molecule has 2 fully saturated rings. The highest BCUT2D eigenvalue weighted by atomic mass is 32.1. The second kappa shape index (κ2) is 4.09. The fourth-order valence-corrected chi connectivity index (χ4v) is 3.67. The predicted molar refractivity (Wildman–Crippen MR) is 62.9 cm³/mol. The minimum Gasteiger partial charge on any atom is -0.395 e. The van der Waals surface area contributed by atoms with Gasteiger partial charge in [0.1, 0.15) is 0 Å². The maximum absolute atomic E-state index is 9.45. The van der Waals surface area contributed by atoms with Crippen LogP contribution in [0.4, 0.5) is 0 Å². The van der Waals surface area contributed by atoms with Crippen LogP contribution in [0.5, 0.6) is 0 Å². The molecule has 1 N–H and O–H groups in total. The molecule has 3 rings (SSSR count). The van der Waals surface area contributed by atoms with E-state index in [1.54, 1.807) is 11.3 Å². The normalized spacial score (nSPS) is 24.6. The molecule has 0 unspecified atom stereocenters. The van der Waals surface area contributed by atoms with Crippen molar-refractivity contribution in [3.05, 3.63) is 16.1 Å². The van der Waals surface area contributed by atoms with E-state index in [1.807, 2.05) is 0 Å². The highest BCUT2D eigenvalue weighted by molar-refractivity contribution is 7.09. The molecule has 16 heavy (non-hydrogen) atoms. The molecule has 88 valence electrons. The molecule has 0 amide bonds. The summed E-state index contributed by atoms with van der Waals surface area (Å²) >= 11 is 1.76. The Hall–Kier alpha value is -0.450. The Morgan fingerprint density at radius 1 is 1.44 bits per heavy atom. The standard InChI is InChI=1S/C12H17NO2S/c14-6-12(7-15-8-12)10-5-16-11(13-10)9-3-1-2-4-9/h5,9,14H,1-4,6-8H2. The lowest BCUT2D eigenvalue weighted by atomic mass is 9.84. The minimum atomic E-state index is -0.187. The van der Waals surface area contributed by atoms with Gasteiger partial charge >= 0.3 is 0 Å². The Labute approximate surface area is 99.5 Å². The first-order valence-corrected chi connectivity index (χ1v) is 6.86. The Morgan fingerprint density at radius 3 is 2.75 bits per heavy atom. The van der Waals surface area contributed by atoms with E-state index >= 15 is 0 Å². The predicted octanol–water partition coefficient (Wildman–Crippen LogP) is 2.06. The maximum atomic E-state index is 9.45. The van der Waals surface area contributed by atoms with Crippen LogP contribution in [0.25, 0.3) is 0 Å². The van der Waals surface area contributed by atoms with Gasteiger partial charge in [0.15, 0.2) is 0 Å². The zero-order valence-corrected chi connectivity index (χ0v) is 10.1. The van der Waals surface area contributed by atoms with Crippen LogP contribution < -0.4 is 0 Å². The summed E-state index contributed by atoms with van der Waals surface area (Å²) in [6.45, 7) is 1.40. The average Bonchev–Trinajstić information content (AvgIpc) is 2.86. The number of hydrogen-bond acceptors (Lipinski definition) is 4. The van der Waals surface area contributed by atoms with Gasteiger partial charge in [-0.3, -0.25) is 0 Å². The fourth-order valence-electron chi connectivity index (χ4n) is 2.56. The third kappa shape index (κ3) is 1.60. The quantitative estimate of drug-likeness (QED) is 0.878. The van der Waals surface area contributed by atoms with Gasteiger partial charge in [0.25, 0.3) is 0 Å². The van der Waals surface area contributed by atoms with Crippen molar-refractivity contribution in [2.45, 2.75) is 37.0 Å². The van der Waals surface area contributed by atoms with Crippen LogP contribution in [0.2, 0.25) is 0 Å². The largest absolute Gasteiger partial charge is 0.395 e. The number of aliphatic hydroxyl groups is 1. The number of aliphatic hydroxyl groups excluding tert-OH is 1. The van der Waals surface area contributed by atoms with Crippen molar-refractivity contribution in [3.8, 4) is 0 Å². The molecule has 2 aliphatic rings. The van der Waals surface area contributed by atoms with Crippen molar-refractivity contribution >= 4 is 11.3 Å². The van der Waals surface area contributed by atoms with Crippen LogP contribution in [0.1, 0.15) is 42.3 Å². The molecule has 3 nitrogen and oxygen atoms in total. The molecule has 0 bridgehead atoms. The van der Waals surface area contributed by atoms with Gasteiger partial charge in [-0.25, -0.2) is 4.98 Å². The van der Waals surface area contributed by atoms with E-state index in [0.29, 0.717) is 19.1 Å². The van der Waals surface area contributed by atoms with E-state index in [1.165, 1.54) is 30.7 Å². The topological polar surface area (TPSA) is 42.4 Å². The Morgan fingerprint density at radius 2 is 2.19 bits per heavy atom. The van der Waals surface area contributed by atoms with Crippen LogP contribution in [0, 0.1) is 0 Å². The van der Waals surface area contributed by atoms with Crippen LogP contribution in [-0.4, -0.2) is 29.9 Å². The summed E-state index contributed by atoms with van der Waals surface area (Å²) in [5, 5.41) is 12.8. The molecule has 0 aromatic carbocycles. The average molecular weight is 239 g/mol. The first kappa shape index (κ1) is 10.7. The molecule has 1 aromatic rings. The van der Waals surface area contributed by atoms with Crippen molar-refractivity contribution in [2.75, 3.05) is 19.8 Å². The molecular weight excluding hydrogens is 222 g/mol. The van der Waals surface area contributed by atoms with Gasteiger partial charge in [-0.1, -0.05) is 12.8 Å². The number of rotatable bonds is 3. The molecule has 0 spiro atoms. The fraction of sp³-hybridized carbons (Fsp3) is 0.750. The highest BCUT2D eigenvalue weighted by Crippen LogP contribution is 2.39. The molecule has 2 heterocycles. The van der Waals surface area contributed by atoms with Gasteiger partial charge in [0.05, 0.1) is 35.9 Å². The van der Waals surface area contributed by atoms with E-state index in [9.17, 15) is 5.11 Å². The van der Waals surface area contributed by atoms with Crippen molar-refractivity contribution in [1.29, 1.82) is 0 Å².